The van der Waals surface area contributed by atoms with Crippen molar-refractivity contribution in [2.24, 2.45) is 0 Å². The van der Waals surface area contributed by atoms with Crippen molar-refractivity contribution in [2.45, 2.75) is 106 Å². The van der Waals surface area contributed by atoms with E-state index in [-0.39, 0.29) is 24.7 Å². The Kier molecular flexibility index (Phi) is 6.91. The summed E-state index contributed by atoms with van der Waals surface area (Å²) in [6.07, 6.45) is -1.55. The van der Waals surface area contributed by atoms with Gasteiger partial charge in [-0.1, -0.05) is 6.08 Å². The summed E-state index contributed by atoms with van der Waals surface area (Å²) in [7, 11) is 0. The molecule has 4 fully saturated rings. The lowest BCUT2D eigenvalue weighted by atomic mass is 9.91. The minimum absolute atomic E-state index is 0.0749. The van der Waals surface area contributed by atoms with Crippen molar-refractivity contribution in [1.82, 2.24) is 0 Å². The largest absolute Gasteiger partial charge is 0.394 e. The van der Waals surface area contributed by atoms with Crippen LogP contribution >= 0.6 is 0 Å². The predicted molar refractivity (Wildman–Crippen MR) is 103 cm³/mol. The highest BCUT2D eigenvalue weighted by Gasteiger charge is 2.52. The number of allylic oxidation sites excluding steroid dienone is 1. The molecule has 0 aromatic rings. The van der Waals surface area contributed by atoms with Crippen molar-refractivity contribution >= 4 is 6.29 Å². The van der Waals surface area contributed by atoms with Crippen LogP contribution in [-0.2, 0) is 23.7 Å². The molecule has 0 saturated carbocycles. The molecule has 4 heterocycles. The van der Waals surface area contributed by atoms with Crippen LogP contribution in [0.25, 0.3) is 0 Å². The summed E-state index contributed by atoms with van der Waals surface area (Å²) < 4.78 is 24.4. The van der Waals surface area contributed by atoms with Crippen LogP contribution in [0.2, 0.25) is 0 Å². The number of aldehydes is 1. The highest BCUT2D eigenvalue weighted by Crippen LogP contribution is 2.40. The Hall–Kier alpha value is -0.910. The molecule has 9 nitrogen and oxygen atoms in total. The second kappa shape index (κ2) is 9.30. The Labute approximate surface area is 175 Å². The first kappa shape index (κ1) is 22.3. The smallest absolute Gasteiger partial charge is 0.145 e. The molecule has 4 aliphatic rings. The molecule has 4 saturated heterocycles. The average molecular weight is 428 g/mol. The minimum Gasteiger partial charge on any atom is -0.394 e. The summed E-state index contributed by atoms with van der Waals surface area (Å²) in [6, 6.07) is 0. The third kappa shape index (κ3) is 4.49. The van der Waals surface area contributed by atoms with E-state index in [2.05, 4.69) is 0 Å². The fourth-order valence-corrected chi connectivity index (χ4v) is 5.06. The van der Waals surface area contributed by atoms with Gasteiger partial charge in [0.15, 0.2) is 0 Å². The SMILES string of the molecule is C/C(C=O)=C\C[C@H]1C[C@@H]2O[C@@H]3C[C@@H]4O[C@H](CO)[C@@H](O)[C@@H](O)C[C@H]4O[C@H]3[C@@H](O)C[C@H]2O1. The van der Waals surface area contributed by atoms with Gasteiger partial charge < -0.3 is 39.4 Å². The third-order valence-corrected chi connectivity index (χ3v) is 6.72. The van der Waals surface area contributed by atoms with Crippen LogP contribution in [0.3, 0.4) is 0 Å². The molecule has 170 valence electrons. The molecule has 0 spiro atoms. The van der Waals surface area contributed by atoms with Crippen molar-refractivity contribution in [3.8, 4) is 0 Å². The third-order valence-electron chi connectivity index (χ3n) is 6.72. The number of carbonyl (C=O) groups is 1. The molecular weight excluding hydrogens is 396 g/mol. The number of hydrogen-bond acceptors (Lipinski definition) is 9. The molecule has 0 aliphatic carbocycles. The lowest BCUT2D eigenvalue weighted by Crippen LogP contribution is -2.53. The van der Waals surface area contributed by atoms with Crippen LogP contribution in [0, 0.1) is 0 Å². The van der Waals surface area contributed by atoms with Crippen molar-refractivity contribution in [3.05, 3.63) is 11.6 Å². The van der Waals surface area contributed by atoms with Gasteiger partial charge in [0.2, 0.25) is 0 Å². The number of carbonyl (C=O) groups excluding carboxylic acids is 1. The first-order valence-corrected chi connectivity index (χ1v) is 10.8. The summed E-state index contributed by atoms with van der Waals surface area (Å²) in [5.74, 6) is 0. The molecule has 0 amide bonds. The number of fused-ring (bicyclic) bond motifs is 3. The van der Waals surface area contributed by atoms with Crippen molar-refractivity contribution in [1.29, 1.82) is 0 Å². The fourth-order valence-electron chi connectivity index (χ4n) is 5.06. The molecule has 0 aromatic carbocycles. The molecule has 11 atom stereocenters. The van der Waals surface area contributed by atoms with Crippen molar-refractivity contribution < 1.29 is 44.2 Å². The average Bonchev–Trinajstić information content (AvgIpc) is 2.99. The maximum Gasteiger partial charge on any atom is 0.145 e. The second-order valence-electron chi connectivity index (χ2n) is 8.91. The van der Waals surface area contributed by atoms with Gasteiger partial charge in [-0.2, -0.15) is 0 Å². The van der Waals surface area contributed by atoms with Gasteiger partial charge in [0, 0.05) is 25.7 Å². The summed E-state index contributed by atoms with van der Waals surface area (Å²) in [5, 5.41) is 40.7. The van der Waals surface area contributed by atoms with Gasteiger partial charge in [-0.3, -0.25) is 4.79 Å². The van der Waals surface area contributed by atoms with Crippen LogP contribution in [0.1, 0.15) is 39.0 Å². The van der Waals surface area contributed by atoms with E-state index in [9.17, 15) is 25.2 Å². The monoisotopic (exact) mass is 428 g/mol. The Balaban J connectivity index is 1.45. The Bertz CT molecular complexity index is 640. The zero-order valence-corrected chi connectivity index (χ0v) is 17.1. The number of aliphatic hydroxyl groups excluding tert-OH is 4. The van der Waals surface area contributed by atoms with Crippen molar-refractivity contribution in [3.63, 3.8) is 0 Å². The highest BCUT2D eigenvalue weighted by atomic mass is 16.6. The summed E-state index contributed by atoms with van der Waals surface area (Å²) in [4.78, 5) is 10.8. The zero-order chi connectivity index (χ0) is 21.4. The number of rotatable bonds is 4. The highest BCUT2D eigenvalue weighted by molar-refractivity contribution is 5.71. The minimum atomic E-state index is -1.20. The lowest BCUT2D eigenvalue weighted by Gasteiger charge is -2.42. The maximum atomic E-state index is 10.8. The summed E-state index contributed by atoms with van der Waals surface area (Å²) >= 11 is 0. The predicted octanol–water partition coefficient (Wildman–Crippen LogP) is -0.773. The van der Waals surface area contributed by atoms with E-state index in [1.807, 2.05) is 6.08 Å². The summed E-state index contributed by atoms with van der Waals surface area (Å²) in [5.41, 5.74) is 0.659. The van der Waals surface area contributed by atoms with E-state index in [0.29, 0.717) is 31.3 Å². The van der Waals surface area contributed by atoms with Crippen LogP contribution in [0.4, 0.5) is 0 Å². The first-order valence-electron chi connectivity index (χ1n) is 10.8. The molecule has 0 radical (unpaired) electrons. The van der Waals surface area contributed by atoms with Crippen LogP contribution in [-0.4, -0.2) is 100 Å². The topological polar surface area (TPSA) is 135 Å². The molecule has 4 aliphatic heterocycles. The van der Waals surface area contributed by atoms with Crippen LogP contribution < -0.4 is 0 Å². The quantitative estimate of drug-likeness (QED) is 0.336. The van der Waals surface area contributed by atoms with Crippen LogP contribution in [0.15, 0.2) is 11.6 Å². The molecule has 4 rings (SSSR count). The number of ether oxygens (including phenoxy) is 4. The van der Waals surface area contributed by atoms with Gasteiger partial charge in [-0.25, -0.2) is 0 Å². The standard InChI is InChI=1S/C21H32O9/c1-10(8-22)2-3-11-4-14-15(27-11)6-13(25)21-18(28-14)7-17-16(30-21)5-12(24)20(26)19(9-23)29-17/h2,8,11-21,23-26H,3-7,9H2,1H3/b10-2+/t11-,12-,13-,14-,15+,16+,17-,18+,19+,20-,21-/m0/s1. The second-order valence-corrected chi connectivity index (χ2v) is 8.91. The van der Waals surface area contributed by atoms with Gasteiger partial charge >= 0.3 is 0 Å². The van der Waals surface area contributed by atoms with Gasteiger partial charge in [-0.15, -0.1) is 0 Å². The normalized spacial score (nSPS) is 49.4. The van der Waals surface area contributed by atoms with Gasteiger partial charge in [0.05, 0.1) is 55.4 Å². The molecule has 0 aromatic heterocycles. The lowest BCUT2D eigenvalue weighted by molar-refractivity contribution is -0.229. The van der Waals surface area contributed by atoms with Gasteiger partial charge in [-0.05, 0) is 18.9 Å². The van der Waals surface area contributed by atoms with E-state index in [1.165, 1.54) is 0 Å². The number of hydrogen-bond donors (Lipinski definition) is 4. The summed E-state index contributed by atoms with van der Waals surface area (Å²) in [6.45, 7) is 1.34. The van der Waals surface area contributed by atoms with E-state index in [0.717, 1.165) is 6.29 Å². The molecule has 9 heteroatoms. The Morgan fingerprint density at radius 3 is 2.27 bits per heavy atom. The first-order chi connectivity index (χ1) is 14.4. The van der Waals surface area contributed by atoms with Gasteiger partial charge in [0.1, 0.15) is 24.6 Å². The Morgan fingerprint density at radius 2 is 1.53 bits per heavy atom. The zero-order valence-electron chi connectivity index (χ0n) is 17.1. The van der Waals surface area contributed by atoms with Gasteiger partial charge in [0.25, 0.3) is 0 Å². The van der Waals surface area contributed by atoms with E-state index >= 15 is 0 Å². The van der Waals surface area contributed by atoms with Crippen molar-refractivity contribution in [2.75, 3.05) is 6.61 Å². The number of aliphatic hydroxyl groups is 4. The van der Waals surface area contributed by atoms with E-state index in [1.54, 1.807) is 6.92 Å². The fraction of sp³-hybridized carbons (Fsp3) is 0.857. The molecular formula is C21H32O9. The maximum absolute atomic E-state index is 10.8. The Morgan fingerprint density at radius 1 is 0.867 bits per heavy atom. The van der Waals surface area contributed by atoms with Crippen LogP contribution in [0.5, 0.6) is 0 Å². The van der Waals surface area contributed by atoms with E-state index < -0.39 is 55.4 Å². The molecule has 4 N–H and O–H groups in total. The molecule has 30 heavy (non-hydrogen) atoms. The molecule has 0 bridgehead atoms. The van der Waals surface area contributed by atoms with E-state index in [4.69, 9.17) is 18.9 Å². The molecule has 0 unspecified atom stereocenters.